The van der Waals surface area contributed by atoms with E-state index in [0.717, 1.165) is 37.2 Å². The number of hydrogen-bond donors (Lipinski definition) is 0. The van der Waals surface area contributed by atoms with Gasteiger partial charge >= 0.3 is 0 Å². The zero-order chi connectivity index (χ0) is 17.6. The Labute approximate surface area is 158 Å². The van der Waals surface area contributed by atoms with Gasteiger partial charge in [0, 0.05) is 38.8 Å². The first kappa shape index (κ1) is 18.1. The summed E-state index contributed by atoms with van der Waals surface area (Å²) in [6, 6.07) is 8.84. The van der Waals surface area contributed by atoms with Gasteiger partial charge in [-0.05, 0) is 25.0 Å². The minimum Gasteiger partial charge on any atom is -0.486 e. The molecule has 1 saturated heterocycles. The zero-order valence-electron chi connectivity index (χ0n) is 16.1. The molecule has 1 aromatic carbocycles. The predicted octanol–water partition coefficient (Wildman–Crippen LogP) is 3.95. The lowest BCUT2D eigenvalue weighted by Crippen LogP contribution is -2.53. The van der Waals surface area contributed by atoms with Gasteiger partial charge in [-0.2, -0.15) is 0 Å². The summed E-state index contributed by atoms with van der Waals surface area (Å²) in [6.07, 6.45) is 11.6. The van der Waals surface area contributed by atoms with E-state index in [4.69, 9.17) is 9.47 Å². The van der Waals surface area contributed by atoms with Gasteiger partial charge in [-0.25, -0.2) is 0 Å². The van der Waals surface area contributed by atoms with Gasteiger partial charge in [0.2, 0.25) is 0 Å². The second-order valence-electron chi connectivity index (χ2n) is 8.19. The third-order valence-corrected chi connectivity index (χ3v) is 6.28. The Balaban J connectivity index is 1.23. The molecule has 0 aromatic heterocycles. The Bertz CT molecular complexity index is 547. The number of para-hydroxylation sites is 2. The number of benzene rings is 1. The monoisotopic (exact) mass is 358 g/mol. The Morgan fingerprint density at radius 3 is 2.19 bits per heavy atom. The zero-order valence-corrected chi connectivity index (χ0v) is 16.1. The molecule has 144 valence electrons. The van der Waals surface area contributed by atoms with Crippen molar-refractivity contribution in [2.45, 2.75) is 63.5 Å². The molecule has 2 fully saturated rings. The molecule has 3 aliphatic rings. The molecular weight excluding hydrogens is 324 g/mol. The Hall–Kier alpha value is -1.26. The molecule has 4 heteroatoms. The molecule has 1 saturated carbocycles. The van der Waals surface area contributed by atoms with Gasteiger partial charge in [0.15, 0.2) is 11.5 Å². The highest BCUT2D eigenvalue weighted by Gasteiger charge is 2.27. The SMILES string of the molecule is c1ccc2c(c1)OC[C@H](CN1CCN(C3CCCCCCCC3)CC1)O2. The molecule has 2 heterocycles. The van der Waals surface area contributed by atoms with Gasteiger partial charge in [-0.3, -0.25) is 9.80 Å². The number of ether oxygens (including phenoxy) is 2. The average Bonchev–Trinajstić information content (AvgIpc) is 2.83. The van der Waals surface area contributed by atoms with Crippen molar-refractivity contribution in [2.75, 3.05) is 39.3 Å². The highest BCUT2D eigenvalue weighted by molar-refractivity contribution is 5.40. The van der Waals surface area contributed by atoms with Crippen LogP contribution >= 0.6 is 0 Å². The van der Waals surface area contributed by atoms with Crippen molar-refractivity contribution in [3.05, 3.63) is 24.3 Å². The van der Waals surface area contributed by atoms with Gasteiger partial charge < -0.3 is 9.47 Å². The minimum absolute atomic E-state index is 0.154. The number of nitrogens with zero attached hydrogens (tertiary/aromatic N) is 2. The van der Waals surface area contributed by atoms with Crippen molar-refractivity contribution < 1.29 is 9.47 Å². The van der Waals surface area contributed by atoms with Crippen LogP contribution in [-0.2, 0) is 0 Å². The third-order valence-electron chi connectivity index (χ3n) is 6.28. The van der Waals surface area contributed by atoms with Crippen LogP contribution in [0.4, 0.5) is 0 Å². The van der Waals surface area contributed by atoms with Crippen LogP contribution in [-0.4, -0.2) is 61.3 Å². The van der Waals surface area contributed by atoms with Gasteiger partial charge in [0.1, 0.15) is 12.7 Å². The molecule has 0 N–H and O–H groups in total. The van der Waals surface area contributed by atoms with E-state index in [-0.39, 0.29) is 6.10 Å². The summed E-state index contributed by atoms with van der Waals surface area (Å²) in [5, 5.41) is 0. The molecule has 2 aliphatic heterocycles. The summed E-state index contributed by atoms with van der Waals surface area (Å²) < 4.78 is 12.0. The Morgan fingerprint density at radius 2 is 1.46 bits per heavy atom. The van der Waals surface area contributed by atoms with Gasteiger partial charge in [-0.15, -0.1) is 0 Å². The van der Waals surface area contributed by atoms with Crippen LogP contribution in [0.3, 0.4) is 0 Å². The lowest BCUT2D eigenvalue weighted by atomic mass is 10.0. The lowest BCUT2D eigenvalue weighted by molar-refractivity contribution is 0.0297. The molecule has 0 unspecified atom stereocenters. The van der Waals surface area contributed by atoms with Gasteiger partial charge in [0.25, 0.3) is 0 Å². The topological polar surface area (TPSA) is 24.9 Å². The van der Waals surface area contributed by atoms with Crippen LogP contribution in [0, 0.1) is 0 Å². The van der Waals surface area contributed by atoms with Crippen molar-refractivity contribution in [1.82, 2.24) is 9.80 Å². The van der Waals surface area contributed by atoms with E-state index in [2.05, 4.69) is 9.80 Å². The second kappa shape index (κ2) is 9.09. The van der Waals surface area contributed by atoms with Crippen molar-refractivity contribution in [3.8, 4) is 11.5 Å². The van der Waals surface area contributed by atoms with Crippen LogP contribution in [0.2, 0.25) is 0 Å². The highest BCUT2D eigenvalue weighted by Crippen LogP contribution is 2.31. The first-order valence-electron chi connectivity index (χ1n) is 10.7. The van der Waals surface area contributed by atoms with Crippen LogP contribution in [0.25, 0.3) is 0 Å². The van der Waals surface area contributed by atoms with Crippen molar-refractivity contribution in [1.29, 1.82) is 0 Å². The highest BCUT2D eigenvalue weighted by atomic mass is 16.6. The smallest absolute Gasteiger partial charge is 0.161 e. The summed E-state index contributed by atoms with van der Waals surface area (Å²) in [6.45, 7) is 6.41. The first-order valence-corrected chi connectivity index (χ1v) is 10.7. The van der Waals surface area contributed by atoms with Crippen molar-refractivity contribution in [2.24, 2.45) is 0 Å². The van der Waals surface area contributed by atoms with E-state index < -0.39 is 0 Å². The van der Waals surface area contributed by atoms with Crippen LogP contribution in [0.5, 0.6) is 11.5 Å². The number of rotatable bonds is 3. The molecule has 4 rings (SSSR count). The largest absolute Gasteiger partial charge is 0.486 e. The van der Waals surface area contributed by atoms with E-state index in [1.807, 2.05) is 24.3 Å². The normalized spacial score (nSPS) is 26.7. The molecule has 0 amide bonds. The first-order chi connectivity index (χ1) is 12.9. The molecule has 1 aromatic rings. The summed E-state index contributed by atoms with van der Waals surface area (Å²) in [5.41, 5.74) is 0. The van der Waals surface area contributed by atoms with Gasteiger partial charge in [0.05, 0.1) is 0 Å². The number of fused-ring (bicyclic) bond motifs is 1. The maximum absolute atomic E-state index is 6.14. The summed E-state index contributed by atoms with van der Waals surface area (Å²) in [7, 11) is 0. The number of piperazine rings is 1. The molecule has 1 atom stereocenters. The Morgan fingerprint density at radius 1 is 0.808 bits per heavy atom. The van der Waals surface area contributed by atoms with Crippen LogP contribution in [0.15, 0.2) is 24.3 Å². The quantitative estimate of drug-likeness (QED) is 0.817. The van der Waals surface area contributed by atoms with Crippen LogP contribution in [0.1, 0.15) is 51.4 Å². The maximum atomic E-state index is 6.14. The summed E-state index contributed by atoms with van der Waals surface area (Å²) in [4.78, 5) is 5.34. The molecule has 26 heavy (non-hydrogen) atoms. The molecule has 1 aliphatic carbocycles. The van der Waals surface area contributed by atoms with Gasteiger partial charge in [-0.1, -0.05) is 50.7 Å². The molecule has 0 bridgehead atoms. The molecule has 4 nitrogen and oxygen atoms in total. The van der Waals surface area contributed by atoms with E-state index >= 15 is 0 Å². The summed E-state index contributed by atoms with van der Waals surface area (Å²) >= 11 is 0. The van der Waals surface area contributed by atoms with E-state index in [1.165, 1.54) is 64.5 Å². The predicted molar refractivity (Wildman–Crippen MR) is 105 cm³/mol. The number of hydrogen-bond acceptors (Lipinski definition) is 4. The Kier molecular flexibility index (Phi) is 6.34. The third kappa shape index (κ3) is 4.72. The minimum atomic E-state index is 0.154. The maximum Gasteiger partial charge on any atom is 0.161 e. The van der Waals surface area contributed by atoms with E-state index in [1.54, 1.807) is 0 Å². The standard InChI is InChI=1S/C22H34N2O2/c1-2-4-6-10-19(9-5-3-1)24-15-13-23(14-16-24)17-20-18-25-21-11-7-8-12-22(21)26-20/h7-8,11-12,19-20H,1-6,9-10,13-18H2/t20-/m0/s1. The summed E-state index contributed by atoms with van der Waals surface area (Å²) in [5.74, 6) is 1.78. The fourth-order valence-electron chi connectivity index (χ4n) is 4.73. The molecular formula is C22H34N2O2. The average molecular weight is 359 g/mol. The lowest BCUT2D eigenvalue weighted by Gasteiger charge is -2.40. The van der Waals surface area contributed by atoms with Crippen molar-refractivity contribution >= 4 is 0 Å². The fraction of sp³-hybridized carbons (Fsp3) is 0.727. The second-order valence-corrected chi connectivity index (χ2v) is 8.19. The van der Waals surface area contributed by atoms with E-state index in [0.29, 0.717) is 6.61 Å². The molecule has 0 radical (unpaired) electrons. The van der Waals surface area contributed by atoms with E-state index in [9.17, 15) is 0 Å². The fourth-order valence-corrected chi connectivity index (χ4v) is 4.73. The van der Waals surface area contributed by atoms with Crippen LogP contribution < -0.4 is 9.47 Å². The van der Waals surface area contributed by atoms with Crippen molar-refractivity contribution in [3.63, 3.8) is 0 Å². The molecule has 0 spiro atoms.